The van der Waals surface area contributed by atoms with Crippen LogP contribution in [0.5, 0.6) is 5.75 Å². The van der Waals surface area contributed by atoms with Gasteiger partial charge in [0.2, 0.25) is 0 Å². The largest absolute Gasteiger partial charge is 0.494 e. The van der Waals surface area contributed by atoms with Gasteiger partial charge in [-0.1, -0.05) is 59.9 Å². The molecule has 37 heavy (non-hydrogen) atoms. The summed E-state index contributed by atoms with van der Waals surface area (Å²) in [5.74, 6) is 0.785. The summed E-state index contributed by atoms with van der Waals surface area (Å²) in [6.45, 7) is 2.53. The summed E-state index contributed by atoms with van der Waals surface area (Å²) in [5, 5.41) is 11.2. The lowest BCUT2D eigenvalue weighted by Crippen LogP contribution is -2.38. The molecule has 0 saturated carbocycles. The second kappa shape index (κ2) is 9.29. The number of aryl methyl sites for hydroxylation is 1. The summed E-state index contributed by atoms with van der Waals surface area (Å²) in [4.78, 5) is 30.2. The average molecular weight is 510 g/mol. The summed E-state index contributed by atoms with van der Waals surface area (Å²) in [6.07, 6.45) is 3.40. The molecule has 0 N–H and O–H groups in total. The number of allylic oxidation sites excluding steroid dienone is 1. The standard InChI is InChI=1S/C29H23N3O4S/c1-2-36-22-13-10-20(11-14-22)27-24-15-12-19-7-3-4-9-23(19)26(24)30-29-31(27)28(33)25(37-29)17-18-6-5-8-21(16-18)32(34)35/h3-11,13-14,16-17,27H,2,12,15H2,1H3. The molecule has 7 nitrogen and oxygen atoms in total. The van der Waals surface area contributed by atoms with Crippen LogP contribution in [-0.2, 0) is 6.42 Å². The van der Waals surface area contributed by atoms with E-state index in [-0.39, 0.29) is 17.3 Å². The van der Waals surface area contributed by atoms with Crippen molar-refractivity contribution < 1.29 is 9.66 Å². The molecule has 8 heteroatoms. The van der Waals surface area contributed by atoms with Crippen molar-refractivity contribution in [2.24, 2.45) is 4.99 Å². The molecular formula is C29H23N3O4S. The number of thiazole rings is 1. The minimum Gasteiger partial charge on any atom is -0.494 e. The zero-order valence-electron chi connectivity index (χ0n) is 20.1. The third kappa shape index (κ3) is 4.09. The third-order valence-corrected chi connectivity index (χ3v) is 7.74. The van der Waals surface area contributed by atoms with Crippen molar-refractivity contribution in [1.29, 1.82) is 0 Å². The quantitative estimate of drug-likeness (QED) is 0.290. The molecule has 0 fully saturated rings. The number of ether oxygens (including phenoxy) is 1. The number of fused-ring (bicyclic) bond motifs is 3. The molecule has 3 aromatic carbocycles. The van der Waals surface area contributed by atoms with E-state index in [1.165, 1.54) is 29.0 Å². The van der Waals surface area contributed by atoms with E-state index in [1.54, 1.807) is 22.8 Å². The van der Waals surface area contributed by atoms with Crippen LogP contribution in [0.25, 0.3) is 11.8 Å². The van der Waals surface area contributed by atoms with Crippen LogP contribution < -0.4 is 19.6 Å². The van der Waals surface area contributed by atoms with E-state index >= 15 is 0 Å². The number of nitro groups is 1. The summed E-state index contributed by atoms with van der Waals surface area (Å²) >= 11 is 1.31. The summed E-state index contributed by atoms with van der Waals surface area (Å²) in [7, 11) is 0. The first-order valence-corrected chi connectivity index (χ1v) is 13.0. The molecular weight excluding hydrogens is 486 g/mol. The van der Waals surface area contributed by atoms with Crippen LogP contribution in [0.4, 0.5) is 5.69 Å². The first-order valence-electron chi connectivity index (χ1n) is 12.1. The summed E-state index contributed by atoms with van der Waals surface area (Å²) in [5.41, 5.74) is 5.85. The van der Waals surface area contributed by atoms with Gasteiger partial charge in [-0.15, -0.1) is 0 Å². The second-order valence-electron chi connectivity index (χ2n) is 8.97. The maximum absolute atomic E-state index is 13.8. The lowest BCUT2D eigenvalue weighted by Gasteiger charge is -2.30. The van der Waals surface area contributed by atoms with E-state index in [1.807, 2.05) is 43.3 Å². The van der Waals surface area contributed by atoms with Crippen molar-refractivity contribution in [3.8, 4) is 5.75 Å². The predicted molar refractivity (Wildman–Crippen MR) is 143 cm³/mol. The SMILES string of the molecule is CCOc1ccc(C2C3=C(N=c4sc(=Cc5cccc([N+](=O)[O-])c5)c(=O)n42)c2ccccc2CC3)cc1. The number of nitro benzene ring substituents is 1. The first-order chi connectivity index (χ1) is 18.0. The van der Waals surface area contributed by atoms with E-state index in [0.717, 1.165) is 41.0 Å². The second-order valence-corrected chi connectivity index (χ2v) is 9.98. The van der Waals surface area contributed by atoms with Crippen molar-refractivity contribution in [1.82, 2.24) is 4.57 Å². The molecule has 0 spiro atoms. The highest BCUT2D eigenvalue weighted by Gasteiger charge is 2.32. The topological polar surface area (TPSA) is 86.7 Å². The molecule has 1 aliphatic carbocycles. The molecule has 2 aliphatic rings. The van der Waals surface area contributed by atoms with Crippen LogP contribution in [0.15, 0.2) is 88.2 Å². The average Bonchev–Trinajstić information content (AvgIpc) is 3.22. The van der Waals surface area contributed by atoms with Gasteiger partial charge in [0, 0.05) is 17.7 Å². The summed E-state index contributed by atoms with van der Waals surface area (Å²) in [6, 6.07) is 22.2. The van der Waals surface area contributed by atoms with Gasteiger partial charge in [0.25, 0.3) is 11.2 Å². The van der Waals surface area contributed by atoms with Crippen molar-refractivity contribution in [3.05, 3.63) is 130 Å². The van der Waals surface area contributed by atoms with Crippen LogP contribution in [0.3, 0.4) is 0 Å². The van der Waals surface area contributed by atoms with E-state index in [4.69, 9.17) is 9.73 Å². The number of benzene rings is 3. The molecule has 1 aromatic heterocycles. The van der Waals surface area contributed by atoms with Crippen LogP contribution >= 0.6 is 11.3 Å². The maximum atomic E-state index is 13.8. The highest BCUT2D eigenvalue weighted by Crippen LogP contribution is 2.41. The Morgan fingerprint density at radius 1 is 1.11 bits per heavy atom. The van der Waals surface area contributed by atoms with Crippen LogP contribution in [-0.4, -0.2) is 16.1 Å². The zero-order valence-corrected chi connectivity index (χ0v) is 20.9. The van der Waals surface area contributed by atoms with E-state index in [9.17, 15) is 14.9 Å². The Balaban J connectivity index is 1.57. The normalized spacial score (nSPS) is 16.5. The lowest BCUT2D eigenvalue weighted by atomic mass is 9.83. The van der Waals surface area contributed by atoms with E-state index in [0.29, 0.717) is 21.5 Å². The van der Waals surface area contributed by atoms with Crippen molar-refractivity contribution in [3.63, 3.8) is 0 Å². The number of rotatable bonds is 5. The fourth-order valence-electron chi connectivity index (χ4n) is 5.11. The molecule has 0 amide bonds. The van der Waals surface area contributed by atoms with Gasteiger partial charge >= 0.3 is 0 Å². The summed E-state index contributed by atoms with van der Waals surface area (Å²) < 4.78 is 7.90. The van der Waals surface area contributed by atoms with Crippen LogP contribution in [0.1, 0.15) is 41.6 Å². The number of nitrogens with zero attached hydrogens (tertiary/aromatic N) is 3. The highest BCUT2D eigenvalue weighted by atomic mass is 32.1. The van der Waals surface area contributed by atoms with E-state index in [2.05, 4.69) is 12.1 Å². The lowest BCUT2D eigenvalue weighted by molar-refractivity contribution is -0.384. The van der Waals surface area contributed by atoms with Gasteiger partial charge in [0.05, 0.1) is 27.8 Å². The highest BCUT2D eigenvalue weighted by molar-refractivity contribution is 7.07. The van der Waals surface area contributed by atoms with Crippen LogP contribution in [0, 0.1) is 10.1 Å². The van der Waals surface area contributed by atoms with Gasteiger partial charge in [0.1, 0.15) is 5.75 Å². The van der Waals surface area contributed by atoms with Gasteiger partial charge in [-0.05, 0) is 60.2 Å². The Morgan fingerprint density at radius 3 is 2.70 bits per heavy atom. The third-order valence-electron chi connectivity index (χ3n) is 6.76. The van der Waals surface area contributed by atoms with E-state index < -0.39 is 4.92 Å². The number of aromatic nitrogens is 1. The molecule has 6 rings (SSSR count). The Kier molecular flexibility index (Phi) is 5.81. The Morgan fingerprint density at radius 2 is 1.92 bits per heavy atom. The van der Waals surface area contributed by atoms with Gasteiger partial charge in [0.15, 0.2) is 4.80 Å². The molecule has 2 heterocycles. The molecule has 184 valence electrons. The smallest absolute Gasteiger partial charge is 0.271 e. The van der Waals surface area contributed by atoms with Crippen molar-refractivity contribution in [2.75, 3.05) is 6.61 Å². The fourth-order valence-corrected chi connectivity index (χ4v) is 6.12. The number of hydrogen-bond donors (Lipinski definition) is 0. The van der Waals surface area contributed by atoms with Crippen molar-refractivity contribution >= 4 is 28.8 Å². The number of hydrogen-bond acceptors (Lipinski definition) is 6. The molecule has 1 atom stereocenters. The van der Waals surface area contributed by atoms with Gasteiger partial charge in [-0.2, -0.15) is 0 Å². The molecule has 1 unspecified atom stereocenters. The minimum atomic E-state index is -0.434. The fraction of sp³-hybridized carbons (Fsp3) is 0.172. The molecule has 0 saturated heterocycles. The monoisotopic (exact) mass is 509 g/mol. The minimum absolute atomic E-state index is 0.0131. The Labute approximate surface area is 216 Å². The van der Waals surface area contributed by atoms with Gasteiger partial charge in [-0.25, -0.2) is 4.99 Å². The van der Waals surface area contributed by atoms with Gasteiger partial charge in [-0.3, -0.25) is 19.5 Å². The zero-order chi connectivity index (χ0) is 25.5. The molecule has 1 aliphatic heterocycles. The van der Waals surface area contributed by atoms with Gasteiger partial charge < -0.3 is 4.74 Å². The van der Waals surface area contributed by atoms with Crippen LogP contribution in [0.2, 0.25) is 0 Å². The number of non-ortho nitro benzene ring substituents is 1. The molecule has 4 aromatic rings. The first kappa shape index (κ1) is 23.1. The Bertz CT molecular complexity index is 1750. The molecule has 0 bridgehead atoms. The maximum Gasteiger partial charge on any atom is 0.271 e. The predicted octanol–water partition coefficient (Wildman–Crippen LogP) is 4.63. The van der Waals surface area contributed by atoms with Crippen molar-refractivity contribution in [2.45, 2.75) is 25.8 Å². The molecule has 0 radical (unpaired) electrons. The Hall–Kier alpha value is -4.30.